The molecule has 0 saturated heterocycles. The number of carbonyl (C=O) groups is 2. The Morgan fingerprint density at radius 2 is 2.00 bits per heavy atom. The maximum atomic E-state index is 12.5. The van der Waals surface area contributed by atoms with Crippen LogP contribution in [0.25, 0.3) is 10.2 Å². The SMILES string of the molecule is Cc1cccc(C(=O)Nc2ccc3nc(SC(C)C(=O)Nc4nccs4)sc3c2)c1. The maximum absolute atomic E-state index is 12.5. The molecule has 6 nitrogen and oxygen atoms in total. The summed E-state index contributed by atoms with van der Waals surface area (Å²) in [5, 5.41) is 7.83. The van der Waals surface area contributed by atoms with Crippen LogP contribution in [0.1, 0.15) is 22.8 Å². The number of benzene rings is 2. The zero-order valence-electron chi connectivity index (χ0n) is 16.2. The first-order valence-corrected chi connectivity index (χ1v) is 11.7. The second-order valence-electron chi connectivity index (χ2n) is 6.57. The summed E-state index contributed by atoms with van der Waals surface area (Å²) in [5.74, 6) is -0.259. The molecule has 2 N–H and O–H groups in total. The van der Waals surface area contributed by atoms with Crippen molar-refractivity contribution in [1.82, 2.24) is 9.97 Å². The van der Waals surface area contributed by atoms with Crippen LogP contribution in [0.4, 0.5) is 10.8 Å². The predicted molar refractivity (Wildman–Crippen MR) is 125 cm³/mol. The quantitative estimate of drug-likeness (QED) is 0.379. The molecule has 30 heavy (non-hydrogen) atoms. The monoisotopic (exact) mass is 454 g/mol. The van der Waals surface area contributed by atoms with Gasteiger partial charge in [-0.1, -0.05) is 29.5 Å². The number of nitrogens with one attached hydrogen (secondary N) is 2. The molecule has 2 aromatic heterocycles. The zero-order valence-corrected chi connectivity index (χ0v) is 18.7. The van der Waals surface area contributed by atoms with Gasteiger partial charge in [0.25, 0.3) is 5.91 Å². The molecular formula is C21H18N4O2S3. The summed E-state index contributed by atoms with van der Waals surface area (Å²) in [4.78, 5) is 33.5. The normalized spacial score (nSPS) is 11.9. The Labute approximate surface area is 185 Å². The van der Waals surface area contributed by atoms with Gasteiger partial charge in [0, 0.05) is 22.8 Å². The second-order valence-corrected chi connectivity index (χ2v) is 10.1. The molecule has 0 saturated carbocycles. The molecular weight excluding hydrogens is 436 g/mol. The average molecular weight is 455 g/mol. The number of nitrogens with zero attached hydrogens (tertiary/aromatic N) is 2. The summed E-state index contributed by atoms with van der Waals surface area (Å²) >= 11 is 4.28. The summed E-state index contributed by atoms with van der Waals surface area (Å²) < 4.78 is 1.75. The lowest BCUT2D eigenvalue weighted by atomic mass is 10.1. The topological polar surface area (TPSA) is 84.0 Å². The third kappa shape index (κ3) is 4.86. The van der Waals surface area contributed by atoms with Gasteiger partial charge in [0.15, 0.2) is 9.47 Å². The fourth-order valence-electron chi connectivity index (χ4n) is 2.72. The van der Waals surface area contributed by atoms with E-state index in [1.807, 2.05) is 55.6 Å². The van der Waals surface area contributed by atoms with Gasteiger partial charge in [-0.05, 0) is 44.2 Å². The number of aryl methyl sites for hydroxylation is 1. The third-order valence-electron chi connectivity index (χ3n) is 4.22. The van der Waals surface area contributed by atoms with Gasteiger partial charge in [-0.25, -0.2) is 9.97 Å². The minimum absolute atomic E-state index is 0.111. The highest BCUT2D eigenvalue weighted by molar-refractivity contribution is 8.02. The number of hydrogen-bond donors (Lipinski definition) is 2. The Balaban J connectivity index is 1.44. The maximum Gasteiger partial charge on any atom is 0.255 e. The molecule has 0 aliphatic carbocycles. The molecule has 2 heterocycles. The van der Waals surface area contributed by atoms with Crippen molar-refractivity contribution in [1.29, 1.82) is 0 Å². The van der Waals surface area contributed by atoms with Crippen molar-refractivity contribution in [3.8, 4) is 0 Å². The van der Waals surface area contributed by atoms with Crippen LogP contribution in [0, 0.1) is 6.92 Å². The summed E-state index contributed by atoms with van der Waals surface area (Å²) in [6.07, 6.45) is 1.65. The van der Waals surface area contributed by atoms with Crippen LogP contribution >= 0.6 is 34.4 Å². The van der Waals surface area contributed by atoms with Crippen LogP contribution in [-0.2, 0) is 4.79 Å². The van der Waals surface area contributed by atoms with Gasteiger partial charge >= 0.3 is 0 Å². The molecule has 0 fully saturated rings. The van der Waals surface area contributed by atoms with E-state index < -0.39 is 0 Å². The number of thioether (sulfide) groups is 1. The number of aromatic nitrogens is 2. The number of amides is 2. The first-order chi connectivity index (χ1) is 14.5. The van der Waals surface area contributed by atoms with E-state index >= 15 is 0 Å². The molecule has 0 radical (unpaired) electrons. The van der Waals surface area contributed by atoms with Crippen molar-refractivity contribution >= 4 is 67.3 Å². The molecule has 0 aliphatic rings. The van der Waals surface area contributed by atoms with Gasteiger partial charge in [-0.2, -0.15) is 0 Å². The van der Waals surface area contributed by atoms with E-state index in [1.54, 1.807) is 12.3 Å². The Hall–Kier alpha value is -2.75. The average Bonchev–Trinajstić information content (AvgIpc) is 3.36. The van der Waals surface area contributed by atoms with E-state index in [9.17, 15) is 9.59 Å². The van der Waals surface area contributed by atoms with E-state index in [1.165, 1.54) is 34.4 Å². The van der Waals surface area contributed by atoms with Gasteiger partial charge in [-0.15, -0.1) is 22.7 Å². The molecule has 2 amide bonds. The predicted octanol–water partition coefficient (Wildman–Crippen LogP) is 5.43. The lowest BCUT2D eigenvalue weighted by molar-refractivity contribution is -0.115. The van der Waals surface area contributed by atoms with Crippen molar-refractivity contribution < 1.29 is 9.59 Å². The fraction of sp³-hybridized carbons (Fsp3) is 0.143. The van der Waals surface area contributed by atoms with E-state index in [-0.39, 0.29) is 17.1 Å². The molecule has 1 unspecified atom stereocenters. The summed E-state index contributed by atoms with van der Waals surface area (Å²) in [6.45, 7) is 3.80. The van der Waals surface area contributed by atoms with Crippen molar-refractivity contribution in [3.05, 3.63) is 65.2 Å². The van der Waals surface area contributed by atoms with Crippen molar-refractivity contribution in [2.45, 2.75) is 23.4 Å². The highest BCUT2D eigenvalue weighted by Gasteiger charge is 2.18. The molecule has 2 aromatic carbocycles. The van der Waals surface area contributed by atoms with Gasteiger partial charge < -0.3 is 10.6 Å². The Bertz CT molecular complexity index is 1200. The Morgan fingerprint density at radius 1 is 1.13 bits per heavy atom. The number of hydrogen-bond acceptors (Lipinski definition) is 7. The van der Waals surface area contributed by atoms with E-state index in [2.05, 4.69) is 20.6 Å². The molecule has 4 rings (SSSR count). The van der Waals surface area contributed by atoms with E-state index in [0.29, 0.717) is 16.4 Å². The molecule has 152 valence electrons. The second kappa shape index (κ2) is 8.95. The third-order valence-corrected chi connectivity index (χ3v) is 7.12. The van der Waals surface area contributed by atoms with Crippen LogP contribution in [0.2, 0.25) is 0 Å². The Morgan fingerprint density at radius 3 is 2.77 bits per heavy atom. The van der Waals surface area contributed by atoms with Crippen LogP contribution in [0.3, 0.4) is 0 Å². The molecule has 0 spiro atoms. The highest BCUT2D eigenvalue weighted by Crippen LogP contribution is 2.34. The Kier molecular flexibility index (Phi) is 6.12. The number of thiazole rings is 2. The zero-order chi connectivity index (χ0) is 21.1. The van der Waals surface area contributed by atoms with Gasteiger partial charge in [0.1, 0.15) is 0 Å². The number of rotatable bonds is 6. The van der Waals surface area contributed by atoms with Gasteiger partial charge in [0.2, 0.25) is 5.91 Å². The lowest BCUT2D eigenvalue weighted by Crippen LogP contribution is -2.22. The molecule has 4 aromatic rings. The summed E-state index contributed by atoms with van der Waals surface area (Å²) in [7, 11) is 0. The highest BCUT2D eigenvalue weighted by atomic mass is 32.2. The minimum Gasteiger partial charge on any atom is -0.322 e. The van der Waals surface area contributed by atoms with E-state index in [0.717, 1.165) is 20.1 Å². The first-order valence-electron chi connectivity index (χ1n) is 9.13. The van der Waals surface area contributed by atoms with E-state index in [4.69, 9.17) is 0 Å². The number of anilines is 2. The van der Waals surface area contributed by atoms with Crippen LogP contribution in [-0.4, -0.2) is 27.0 Å². The van der Waals surface area contributed by atoms with Gasteiger partial charge in [-0.3, -0.25) is 9.59 Å². The minimum atomic E-state index is -0.310. The largest absolute Gasteiger partial charge is 0.322 e. The number of fused-ring (bicyclic) bond motifs is 1. The lowest BCUT2D eigenvalue weighted by Gasteiger charge is -2.07. The van der Waals surface area contributed by atoms with Crippen molar-refractivity contribution in [3.63, 3.8) is 0 Å². The molecule has 0 aliphatic heterocycles. The number of carbonyl (C=O) groups excluding carboxylic acids is 2. The smallest absolute Gasteiger partial charge is 0.255 e. The summed E-state index contributed by atoms with van der Waals surface area (Å²) in [6, 6.07) is 13.1. The standard InChI is InChI=1S/C21H18N4O2S3/c1-12-4-3-5-14(10-12)19(27)23-15-6-7-16-17(11-15)30-21(24-16)29-13(2)18(26)25-20-22-8-9-28-20/h3-11,13H,1-2H3,(H,23,27)(H,22,25,26). The summed E-state index contributed by atoms with van der Waals surface area (Å²) in [5.41, 5.74) is 3.21. The van der Waals surface area contributed by atoms with Gasteiger partial charge in [0.05, 0.1) is 15.5 Å². The first kappa shape index (κ1) is 20.5. The van der Waals surface area contributed by atoms with Crippen LogP contribution in [0.15, 0.2) is 58.4 Å². The van der Waals surface area contributed by atoms with Crippen LogP contribution in [0.5, 0.6) is 0 Å². The van der Waals surface area contributed by atoms with Crippen LogP contribution < -0.4 is 10.6 Å². The molecule has 0 bridgehead atoms. The molecule has 1 atom stereocenters. The van der Waals surface area contributed by atoms with Crippen molar-refractivity contribution in [2.75, 3.05) is 10.6 Å². The van der Waals surface area contributed by atoms with Crippen molar-refractivity contribution in [2.24, 2.45) is 0 Å². The molecule has 9 heteroatoms. The fourth-order valence-corrected chi connectivity index (χ4v) is 5.50.